The van der Waals surface area contributed by atoms with Gasteiger partial charge < -0.3 is 9.47 Å². The predicted octanol–water partition coefficient (Wildman–Crippen LogP) is 2.45. The van der Waals surface area contributed by atoms with Crippen LogP contribution in [-0.4, -0.2) is 40.1 Å². The maximum Gasteiger partial charge on any atom is 0.357 e. The van der Waals surface area contributed by atoms with E-state index in [-0.39, 0.29) is 6.01 Å². The minimum atomic E-state index is -0.753. The highest BCUT2D eigenvalue weighted by molar-refractivity contribution is 7.98. The Hall–Kier alpha value is -2.75. The Balaban J connectivity index is 0.00000176. The summed E-state index contributed by atoms with van der Waals surface area (Å²) in [6.45, 7) is 6.30. The van der Waals surface area contributed by atoms with Gasteiger partial charge in [0.2, 0.25) is 0 Å². The van der Waals surface area contributed by atoms with E-state index in [4.69, 9.17) is 9.47 Å². The van der Waals surface area contributed by atoms with Crippen LogP contribution in [0.4, 0.5) is 4.79 Å². The number of rotatable bonds is 6. The Bertz CT molecular complexity index is 831. The van der Waals surface area contributed by atoms with Gasteiger partial charge in [-0.25, -0.2) is 19.0 Å². The molecule has 0 radical (unpaired) electrons. The highest BCUT2D eigenvalue weighted by Gasteiger charge is 2.18. The number of esters is 1. The zero-order valence-electron chi connectivity index (χ0n) is 16.0. The van der Waals surface area contributed by atoms with Gasteiger partial charge in [0.1, 0.15) is 0 Å². The second-order valence-corrected chi connectivity index (χ2v) is 5.73. The lowest BCUT2D eigenvalue weighted by atomic mass is 10.2. The Labute approximate surface area is 161 Å². The predicted molar refractivity (Wildman–Crippen MR) is 102 cm³/mol. The quantitative estimate of drug-likeness (QED) is 0.591. The first kappa shape index (κ1) is 22.3. The van der Waals surface area contributed by atoms with Crippen molar-refractivity contribution in [1.29, 1.82) is 0 Å². The molecule has 1 aromatic carbocycles. The van der Waals surface area contributed by atoms with Crippen LogP contribution in [0.2, 0.25) is 0 Å². The van der Waals surface area contributed by atoms with Gasteiger partial charge in [0.05, 0.1) is 19.3 Å². The zero-order valence-corrected chi connectivity index (χ0v) is 16.8. The molecule has 27 heavy (non-hydrogen) atoms. The first-order valence-corrected chi connectivity index (χ1v) is 9.24. The fraction of sp³-hybridized carbons (Fsp3) is 0.412. The number of ether oxygens (including phenoxy) is 2. The second-order valence-electron chi connectivity index (χ2n) is 4.88. The minimum absolute atomic E-state index is 0.0574. The molecule has 1 heterocycles. The highest BCUT2D eigenvalue weighted by Crippen LogP contribution is 2.20. The van der Waals surface area contributed by atoms with Gasteiger partial charge >= 0.3 is 23.7 Å². The molecule has 2 rings (SSSR count). The van der Waals surface area contributed by atoms with Crippen molar-refractivity contribution in [3.8, 4) is 6.01 Å². The largest absolute Gasteiger partial charge is 0.465 e. The third-order valence-corrected chi connectivity index (χ3v) is 3.96. The lowest BCUT2D eigenvalue weighted by Gasteiger charge is -2.07. The van der Waals surface area contributed by atoms with Crippen LogP contribution in [-0.2, 0) is 11.8 Å². The molecule has 0 aliphatic heterocycles. The Morgan fingerprint density at radius 3 is 2.56 bits per heavy atom. The molecule has 9 nitrogen and oxygen atoms in total. The molecule has 0 saturated carbocycles. The van der Waals surface area contributed by atoms with Crippen molar-refractivity contribution in [2.45, 2.75) is 32.1 Å². The summed E-state index contributed by atoms with van der Waals surface area (Å²) < 4.78 is 14.3. The van der Waals surface area contributed by atoms with E-state index in [1.165, 1.54) is 14.2 Å². The van der Waals surface area contributed by atoms with E-state index in [9.17, 15) is 14.4 Å². The number of hydrogen-bond donors (Lipinski definition) is 1. The fourth-order valence-corrected chi connectivity index (χ4v) is 2.54. The van der Waals surface area contributed by atoms with Crippen LogP contribution in [0.1, 0.15) is 37.6 Å². The van der Waals surface area contributed by atoms with Crippen LogP contribution in [0.3, 0.4) is 0 Å². The van der Waals surface area contributed by atoms with E-state index in [0.717, 1.165) is 22.9 Å². The Kier molecular flexibility index (Phi) is 9.14. The molecule has 0 aliphatic carbocycles. The number of nitrogens with one attached hydrogen (secondary N) is 1. The molecule has 0 saturated heterocycles. The normalized spacial score (nSPS) is 9.81. The summed E-state index contributed by atoms with van der Waals surface area (Å²) in [6.07, 6.45) is 0.743. The molecule has 0 spiro atoms. The molecule has 0 bridgehead atoms. The van der Waals surface area contributed by atoms with Crippen LogP contribution in [0.15, 0.2) is 34.0 Å². The summed E-state index contributed by atoms with van der Waals surface area (Å²) in [7, 11) is 2.73. The van der Waals surface area contributed by atoms with Crippen LogP contribution in [0.25, 0.3) is 0 Å². The topological polar surface area (TPSA) is 104 Å². The fourth-order valence-electron chi connectivity index (χ4n) is 1.85. The SMILES string of the molecule is CC.CCCOc1nn(C(=O)NSc2ccccc2C(=O)OC)c(=O)n1C. The molecule has 2 aromatic rings. The van der Waals surface area contributed by atoms with E-state index in [0.29, 0.717) is 21.7 Å². The molecular weight excluding hydrogens is 372 g/mol. The molecule has 1 N–H and O–H groups in total. The molecule has 1 aromatic heterocycles. The van der Waals surface area contributed by atoms with E-state index in [2.05, 4.69) is 9.82 Å². The number of methoxy groups -OCH3 is 1. The van der Waals surface area contributed by atoms with Crippen molar-refractivity contribution < 1.29 is 19.1 Å². The van der Waals surface area contributed by atoms with Gasteiger partial charge in [0, 0.05) is 11.9 Å². The average Bonchev–Trinajstić information content (AvgIpc) is 3.00. The number of carbonyl (C=O) groups excluding carboxylic acids is 2. The first-order valence-electron chi connectivity index (χ1n) is 8.43. The standard InChI is InChI=1S/C15H18N4O5S.C2H6/c1-4-9-24-14-16-19(15(22)18(14)2)13(21)17-25-11-8-6-5-7-10(11)12(20)23-3;1-2/h5-8H,4,9H2,1-3H3,(H,17,21);1-2H3. The van der Waals surface area contributed by atoms with Crippen molar-refractivity contribution >= 4 is 23.9 Å². The summed E-state index contributed by atoms with van der Waals surface area (Å²) in [5.41, 5.74) is -0.332. The van der Waals surface area contributed by atoms with Gasteiger partial charge in [-0.3, -0.25) is 4.72 Å². The van der Waals surface area contributed by atoms with E-state index in [1.807, 2.05) is 20.8 Å². The van der Waals surface area contributed by atoms with E-state index >= 15 is 0 Å². The molecule has 0 aliphatic rings. The lowest BCUT2D eigenvalue weighted by molar-refractivity contribution is 0.0596. The molecule has 148 valence electrons. The number of benzene rings is 1. The first-order chi connectivity index (χ1) is 13.0. The third kappa shape index (κ3) is 5.61. The highest BCUT2D eigenvalue weighted by atomic mass is 32.2. The summed E-state index contributed by atoms with van der Waals surface area (Å²) in [5.74, 6) is -0.525. The number of hydrogen-bond acceptors (Lipinski definition) is 7. The molecule has 0 unspecified atom stereocenters. The van der Waals surface area contributed by atoms with Gasteiger partial charge in [-0.1, -0.05) is 32.9 Å². The number of aromatic nitrogens is 3. The number of nitrogens with zero attached hydrogens (tertiary/aromatic N) is 3. The smallest absolute Gasteiger partial charge is 0.357 e. The maximum atomic E-state index is 12.2. The van der Waals surface area contributed by atoms with Crippen molar-refractivity contribution in [3.05, 3.63) is 40.3 Å². The van der Waals surface area contributed by atoms with E-state index in [1.54, 1.807) is 24.3 Å². The third-order valence-electron chi connectivity index (χ3n) is 3.11. The van der Waals surface area contributed by atoms with Crippen LogP contribution >= 0.6 is 11.9 Å². The van der Waals surface area contributed by atoms with Gasteiger partial charge in [0.15, 0.2) is 0 Å². The van der Waals surface area contributed by atoms with Crippen molar-refractivity contribution in [1.82, 2.24) is 19.1 Å². The monoisotopic (exact) mass is 396 g/mol. The summed E-state index contributed by atoms with van der Waals surface area (Å²) in [4.78, 5) is 36.5. The van der Waals surface area contributed by atoms with Gasteiger partial charge in [0.25, 0.3) is 0 Å². The van der Waals surface area contributed by atoms with Gasteiger partial charge in [-0.15, -0.1) is 9.78 Å². The Morgan fingerprint density at radius 2 is 1.93 bits per heavy atom. The summed E-state index contributed by atoms with van der Waals surface area (Å²) >= 11 is 0.885. The summed E-state index contributed by atoms with van der Waals surface area (Å²) in [6, 6.07) is 5.92. The zero-order chi connectivity index (χ0) is 20.4. The summed E-state index contributed by atoms with van der Waals surface area (Å²) in [5, 5.41) is 3.86. The average molecular weight is 396 g/mol. The molecular formula is C17H24N4O5S. The van der Waals surface area contributed by atoms with Crippen molar-refractivity contribution in [2.24, 2.45) is 7.05 Å². The minimum Gasteiger partial charge on any atom is -0.465 e. The number of amides is 1. The lowest BCUT2D eigenvalue weighted by Crippen LogP contribution is -2.34. The maximum absolute atomic E-state index is 12.2. The van der Waals surface area contributed by atoms with E-state index < -0.39 is 17.7 Å². The second kappa shape index (κ2) is 11.1. The number of carbonyl (C=O) groups is 2. The van der Waals surface area contributed by atoms with Crippen LogP contribution in [0, 0.1) is 0 Å². The molecule has 1 amide bonds. The Morgan fingerprint density at radius 1 is 1.26 bits per heavy atom. The van der Waals surface area contributed by atoms with Gasteiger partial charge in [-0.2, -0.15) is 0 Å². The molecule has 10 heteroatoms. The van der Waals surface area contributed by atoms with Gasteiger partial charge in [-0.05, 0) is 30.5 Å². The van der Waals surface area contributed by atoms with Crippen molar-refractivity contribution in [3.63, 3.8) is 0 Å². The van der Waals surface area contributed by atoms with Crippen LogP contribution in [0.5, 0.6) is 6.01 Å². The molecule has 0 fully saturated rings. The van der Waals surface area contributed by atoms with Crippen molar-refractivity contribution in [2.75, 3.05) is 13.7 Å². The molecule has 0 atom stereocenters. The van der Waals surface area contributed by atoms with Crippen LogP contribution < -0.4 is 15.1 Å².